The lowest BCUT2D eigenvalue weighted by Crippen LogP contribution is -2.40. The summed E-state index contributed by atoms with van der Waals surface area (Å²) in [5.41, 5.74) is 0.878. The number of carbonyl (C=O) groups is 2. The van der Waals surface area contributed by atoms with Crippen LogP contribution in [0.3, 0.4) is 0 Å². The monoisotopic (exact) mass is 254 g/mol. The van der Waals surface area contributed by atoms with E-state index < -0.39 is 11.9 Å². The maximum atomic E-state index is 11.7. The van der Waals surface area contributed by atoms with Crippen LogP contribution in [0.4, 0.5) is 4.79 Å². The highest BCUT2D eigenvalue weighted by Crippen LogP contribution is 2.00. The number of nitrogens with one attached hydrogen (secondary N) is 1. The van der Waals surface area contributed by atoms with Crippen LogP contribution in [0.25, 0.3) is 0 Å². The quantitative estimate of drug-likeness (QED) is 0.790. The highest BCUT2D eigenvalue weighted by molar-refractivity contribution is 5.75. The summed E-state index contributed by atoms with van der Waals surface area (Å²) >= 11 is 0. The van der Waals surface area contributed by atoms with Crippen molar-refractivity contribution in [2.24, 2.45) is 13.0 Å². The van der Waals surface area contributed by atoms with E-state index in [-0.39, 0.29) is 12.6 Å². The molecule has 1 rings (SSSR count). The van der Waals surface area contributed by atoms with E-state index in [1.54, 1.807) is 38.0 Å². The predicted molar refractivity (Wildman–Crippen MR) is 64.9 cm³/mol. The van der Waals surface area contributed by atoms with E-state index in [0.717, 1.165) is 5.69 Å². The first-order valence-corrected chi connectivity index (χ1v) is 5.60. The van der Waals surface area contributed by atoms with Crippen LogP contribution >= 0.6 is 0 Å². The standard InChI is InChI=1S/C11H18N4O3/c1-8(10(16)17)7-14(2)11(18)12-6-9-4-5-13-15(9)3/h4-5,8H,6-7H2,1-3H3,(H,12,18)(H,16,17). The minimum Gasteiger partial charge on any atom is -0.481 e. The van der Waals surface area contributed by atoms with Crippen LogP contribution < -0.4 is 5.32 Å². The number of carbonyl (C=O) groups excluding carboxylic acids is 1. The Morgan fingerprint density at radius 3 is 2.78 bits per heavy atom. The molecule has 0 radical (unpaired) electrons. The van der Waals surface area contributed by atoms with E-state index in [1.165, 1.54) is 4.90 Å². The number of aromatic nitrogens is 2. The van der Waals surface area contributed by atoms with E-state index in [0.29, 0.717) is 6.54 Å². The van der Waals surface area contributed by atoms with Gasteiger partial charge in [-0.2, -0.15) is 5.10 Å². The van der Waals surface area contributed by atoms with Crippen LogP contribution in [0.15, 0.2) is 12.3 Å². The second-order valence-corrected chi connectivity index (χ2v) is 4.22. The van der Waals surface area contributed by atoms with Crippen LogP contribution in [-0.2, 0) is 18.4 Å². The van der Waals surface area contributed by atoms with Gasteiger partial charge in [-0.05, 0) is 6.07 Å². The van der Waals surface area contributed by atoms with Crippen molar-refractivity contribution in [1.82, 2.24) is 20.0 Å². The molecule has 1 atom stereocenters. The number of carboxylic acids is 1. The predicted octanol–water partition coefficient (Wildman–Crippen LogP) is 0.282. The topological polar surface area (TPSA) is 87.5 Å². The van der Waals surface area contributed by atoms with Gasteiger partial charge >= 0.3 is 12.0 Å². The molecule has 0 bridgehead atoms. The summed E-state index contributed by atoms with van der Waals surface area (Å²) in [4.78, 5) is 23.7. The fourth-order valence-electron chi connectivity index (χ4n) is 1.45. The van der Waals surface area contributed by atoms with Crippen molar-refractivity contribution in [1.29, 1.82) is 0 Å². The lowest BCUT2D eigenvalue weighted by Gasteiger charge is -2.19. The summed E-state index contributed by atoms with van der Waals surface area (Å²) in [6.45, 7) is 2.10. The smallest absolute Gasteiger partial charge is 0.317 e. The van der Waals surface area contributed by atoms with Crippen LogP contribution in [0.5, 0.6) is 0 Å². The molecule has 1 aromatic rings. The second-order valence-electron chi connectivity index (χ2n) is 4.22. The summed E-state index contributed by atoms with van der Waals surface area (Å²) < 4.78 is 1.67. The molecule has 0 spiro atoms. The van der Waals surface area contributed by atoms with Crippen molar-refractivity contribution in [3.63, 3.8) is 0 Å². The van der Waals surface area contributed by atoms with Crippen LogP contribution in [-0.4, -0.2) is 45.4 Å². The number of urea groups is 1. The molecule has 0 aliphatic heterocycles. The molecule has 7 heteroatoms. The lowest BCUT2D eigenvalue weighted by atomic mass is 10.2. The maximum Gasteiger partial charge on any atom is 0.317 e. The second kappa shape index (κ2) is 6.04. The van der Waals surface area contributed by atoms with Crippen molar-refractivity contribution in [2.75, 3.05) is 13.6 Å². The number of rotatable bonds is 5. The summed E-state index contributed by atoms with van der Waals surface area (Å²) in [5, 5.41) is 15.4. The average molecular weight is 254 g/mol. The molecule has 0 saturated heterocycles. The number of aryl methyl sites for hydroxylation is 1. The van der Waals surface area contributed by atoms with Gasteiger partial charge in [0.1, 0.15) is 0 Å². The first kappa shape index (κ1) is 14.0. The lowest BCUT2D eigenvalue weighted by molar-refractivity contribution is -0.141. The van der Waals surface area contributed by atoms with Crippen LogP contribution in [0.1, 0.15) is 12.6 Å². The van der Waals surface area contributed by atoms with E-state index in [9.17, 15) is 9.59 Å². The van der Waals surface area contributed by atoms with Crippen molar-refractivity contribution < 1.29 is 14.7 Å². The van der Waals surface area contributed by atoms with Crippen LogP contribution in [0, 0.1) is 5.92 Å². The number of nitrogens with zero attached hydrogens (tertiary/aromatic N) is 3. The maximum absolute atomic E-state index is 11.7. The van der Waals surface area contributed by atoms with Gasteiger partial charge in [0.2, 0.25) is 0 Å². The summed E-state index contributed by atoms with van der Waals surface area (Å²) in [7, 11) is 3.36. The van der Waals surface area contributed by atoms with E-state index >= 15 is 0 Å². The normalized spacial score (nSPS) is 11.9. The Bertz CT molecular complexity index is 430. The zero-order valence-corrected chi connectivity index (χ0v) is 10.8. The molecule has 2 N–H and O–H groups in total. The molecule has 100 valence electrons. The minimum absolute atomic E-state index is 0.173. The van der Waals surface area contributed by atoms with Gasteiger partial charge in [0, 0.05) is 26.8 Å². The first-order valence-electron chi connectivity index (χ1n) is 5.60. The number of amides is 2. The van der Waals surface area contributed by atoms with Gasteiger partial charge in [0.15, 0.2) is 0 Å². The number of hydrogen-bond donors (Lipinski definition) is 2. The molecule has 1 heterocycles. The van der Waals surface area contributed by atoms with Gasteiger partial charge in [-0.15, -0.1) is 0 Å². The third-order valence-electron chi connectivity index (χ3n) is 2.66. The fourth-order valence-corrected chi connectivity index (χ4v) is 1.45. The molecular weight excluding hydrogens is 236 g/mol. The van der Waals surface area contributed by atoms with Crippen molar-refractivity contribution in [3.8, 4) is 0 Å². The van der Waals surface area contributed by atoms with Gasteiger partial charge in [-0.3, -0.25) is 9.48 Å². The van der Waals surface area contributed by atoms with Gasteiger partial charge in [-0.1, -0.05) is 6.92 Å². The summed E-state index contributed by atoms with van der Waals surface area (Å²) in [5.74, 6) is -1.50. The van der Waals surface area contributed by atoms with Crippen LogP contribution in [0.2, 0.25) is 0 Å². The molecular formula is C11H18N4O3. The van der Waals surface area contributed by atoms with E-state index in [4.69, 9.17) is 5.11 Å². The molecule has 1 unspecified atom stereocenters. The van der Waals surface area contributed by atoms with Gasteiger partial charge < -0.3 is 15.3 Å². The molecule has 0 aliphatic carbocycles. The Kier molecular flexibility index (Phi) is 4.70. The van der Waals surface area contributed by atoms with Gasteiger partial charge in [0.25, 0.3) is 0 Å². The Balaban J connectivity index is 2.41. The zero-order valence-electron chi connectivity index (χ0n) is 10.8. The zero-order chi connectivity index (χ0) is 13.7. The molecule has 0 saturated carbocycles. The van der Waals surface area contributed by atoms with Crippen molar-refractivity contribution in [3.05, 3.63) is 18.0 Å². The molecule has 7 nitrogen and oxygen atoms in total. The Morgan fingerprint density at radius 2 is 2.28 bits per heavy atom. The number of carboxylic acid groups (broad SMARTS) is 1. The van der Waals surface area contributed by atoms with E-state index in [1.807, 2.05) is 0 Å². The Hall–Kier alpha value is -2.05. The fraction of sp³-hybridized carbons (Fsp3) is 0.545. The van der Waals surface area contributed by atoms with Crippen molar-refractivity contribution >= 4 is 12.0 Å². The third kappa shape index (κ3) is 3.76. The van der Waals surface area contributed by atoms with Gasteiger partial charge in [-0.25, -0.2) is 4.79 Å². The highest BCUT2D eigenvalue weighted by atomic mass is 16.4. The first-order chi connectivity index (χ1) is 8.41. The number of aliphatic carboxylic acids is 1. The molecule has 0 aromatic carbocycles. The largest absolute Gasteiger partial charge is 0.481 e. The third-order valence-corrected chi connectivity index (χ3v) is 2.66. The minimum atomic E-state index is -0.915. The SMILES string of the molecule is CC(CN(C)C(=O)NCc1ccnn1C)C(=O)O. The molecule has 2 amide bonds. The average Bonchev–Trinajstić information content (AvgIpc) is 2.71. The molecule has 1 aromatic heterocycles. The molecule has 18 heavy (non-hydrogen) atoms. The van der Waals surface area contributed by atoms with E-state index in [2.05, 4.69) is 10.4 Å². The summed E-state index contributed by atoms with van der Waals surface area (Å²) in [6, 6.07) is 1.50. The Labute approximate surface area is 105 Å². The Morgan fingerprint density at radius 1 is 1.61 bits per heavy atom. The summed E-state index contributed by atoms with van der Waals surface area (Å²) in [6.07, 6.45) is 1.65. The highest BCUT2D eigenvalue weighted by Gasteiger charge is 2.17. The van der Waals surface area contributed by atoms with Gasteiger partial charge in [0.05, 0.1) is 18.2 Å². The number of hydrogen-bond acceptors (Lipinski definition) is 3. The molecule has 0 fully saturated rings. The molecule has 0 aliphatic rings. The van der Waals surface area contributed by atoms with Crippen molar-refractivity contribution in [2.45, 2.75) is 13.5 Å².